The number of amides is 2. The third-order valence-electron chi connectivity index (χ3n) is 3.10. The summed E-state index contributed by atoms with van der Waals surface area (Å²) in [6.07, 6.45) is 3.11. The van der Waals surface area contributed by atoms with Crippen LogP contribution in [0.25, 0.3) is 0 Å². The largest absolute Gasteiger partial charge is 0.379 e. The average Bonchev–Trinajstić information content (AvgIpc) is 2.69. The molecule has 1 aliphatic rings. The van der Waals surface area contributed by atoms with Crippen LogP contribution < -0.4 is 10.6 Å². The van der Waals surface area contributed by atoms with Crippen molar-refractivity contribution in [2.45, 2.75) is 52.1 Å². The maximum Gasteiger partial charge on any atom is 0.315 e. The molecular weight excluding hydrogens is 204 g/mol. The highest BCUT2D eigenvalue weighted by molar-refractivity contribution is 5.74. The highest BCUT2D eigenvalue weighted by atomic mass is 16.5. The smallest absolute Gasteiger partial charge is 0.315 e. The molecule has 94 valence electrons. The van der Waals surface area contributed by atoms with Crippen LogP contribution in [0.4, 0.5) is 4.79 Å². The van der Waals surface area contributed by atoms with Crippen LogP contribution in [0.15, 0.2) is 0 Å². The SMILES string of the molecule is CCC(C)CC(C)NC(=O)NC1CCOC1. The lowest BCUT2D eigenvalue weighted by Crippen LogP contribution is -2.46. The van der Waals surface area contributed by atoms with E-state index in [1.54, 1.807) is 0 Å². The fraction of sp³-hybridized carbons (Fsp3) is 0.917. The molecule has 3 atom stereocenters. The Balaban J connectivity index is 2.17. The number of hydrogen-bond acceptors (Lipinski definition) is 2. The minimum Gasteiger partial charge on any atom is -0.379 e. The van der Waals surface area contributed by atoms with Crippen molar-refractivity contribution in [1.29, 1.82) is 0 Å². The predicted octanol–water partition coefficient (Wildman–Crippen LogP) is 1.90. The number of carbonyl (C=O) groups is 1. The standard InChI is InChI=1S/C12H24N2O2/c1-4-9(2)7-10(3)13-12(15)14-11-5-6-16-8-11/h9-11H,4-8H2,1-3H3,(H2,13,14,15). The van der Waals surface area contributed by atoms with Crippen LogP contribution in [0, 0.1) is 5.92 Å². The maximum atomic E-state index is 11.6. The van der Waals surface area contributed by atoms with E-state index in [0.29, 0.717) is 12.5 Å². The molecule has 0 aromatic carbocycles. The first kappa shape index (κ1) is 13.3. The van der Waals surface area contributed by atoms with E-state index in [2.05, 4.69) is 31.4 Å². The Labute approximate surface area is 98.1 Å². The zero-order chi connectivity index (χ0) is 12.0. The van der Waals surface area contributed by atoms with Crippen LogP contribution >= 0.6 is 0 Å². The summed E-state index contributed by atoms with van der Waals surface area (Å²) in [6, 6.07) is 0.361. The molecule has 0 spiro atoms. The highest BCUT2D eigenvalue weighted by Crippen LogP contribution is 2.09. The molecular formula is C12H24N2O2. The molecule has 0 aromatic rings. The topological polar surface area (TPSA) is 50.4 Å². The molecule has 1 saturated heterocycles. The number of carbonyl (C=O) groups excluding carboxylic acids is 1. The Bertz CT molecular complexity index is 215. The minimum atomic E-state index is -0.0636. The van der Waals surface area contributed by atoms with Gasteiger partial charge >= 0.3 is 6.03 Å². The molecule has 1 aliphatic heterocycles. The van der Waals surface area contributed by atoms with Crippen molar-refractivity contribution >= 4 is 6.03 Å². The van der Waals surface area contributed by atoms with Gasteiger partial charge in [0.15, 0.2) is 0 Å². The van der Waals surface area contributed by atoms with Gasteiger partial charge in [-0.3, -0.25) is 0 Å². The summed E-state index contributed by atoms with van der Waals surface area (Å²) < 4.78 is 5.20. The summed E-state index contributed by atoms with van der Waals surface area (Å²) in [4.78, 5) is 11.6. The number of ether oxygens (including phenoxy) is 1. The zero-order valence-electron chi connectivity index (χ0n) is 10.6. The first-order chi connectivity index (χ1) is 7.61. The van der Waals surface area contributed by atoms with Crippen LogP contribution in [-0.4, -0.2) is 31.3 Å². The van der Waals surface area contributed by atoms with Gasteiger partial charge in [0.25, 0.3) is 0 Å². The number of hydrogen-bond donors (Lipinski definition) is 2. The Morgan fingerprint density at radius 3 is 2.81 bits per heavy atom. The van der Waals surface area contributed by atoms with Gasteiger partial charge in [0.05, 0.1) is 12.6 Å². The van der Waals surface area contributed by atoms with Crippen molar-refractivity contribution in [3.63, 3.8) is 0 Å². The monoisotopic (exact) mass is 228 g/mol. The fourth-order valence-electron chi connectivity index (χ4n) is 1.93. The number of rotatable bonds is 5. The second-order valence-electron chi connectivity index (χ2n) is 4.83. The van der Waals surface area contributed by atoms with E-state index < -0.39 is 0 Å². The minimum absolute atomic E-state index is 0.0636. The van der Waals surface area contributed by atoms with E-state index in [-0.39, 0.29) is 18.1 Å². The van der Waals surface area contributed by atoms with Crippen molar-refractivity contribution in [3.05, 3.63) is 0 Å². The molecule has 4 nitrogen and oxygen atoms in total. The van der Waals surface area contributed by atoms with E-state index in [0.717, 1.165) is 25.9 Å². The van der Waals surface area contributed by atoms with E-state index in [1.165, 1.54) is 0 Å². The molecule has 1 fully saturated rings. The molecule has 3 unspecified atom stereocenters. The Morgan fingerprint density at radius 1 is 1.50 bits per heavy atom. The Kier molecular flexibility index (Phi) is 5.60. The van der Waals surface area contributed by atoms with Gasteiger partial charge in [-0.2, -0.15) is 0 Å². The second kappa shape index (κ2) is 6.74. The summed E-state index contributed by atoms with van der Waals surface area (Å²) in [5.74, 6) is 0.658. The van der Waals surface area contributed by atoms with Crippen molar-refractivity contribution < 1.29 is 9.53 Å². The van der Waals surface area contributed by atoms with Crippen molar-refractivity contribution in [3.8, 4) is 0 Å². The lowest BCUT2D eigenvalue weighted by Gasteiger charge is -2.19. The Hall–Kier alpha value is -0.770. The molecule has 1 rings (SSSR count). The molecule has 0 aliphatic carbocycles. The highest BCUT2D eigenvalue weighted by Gasteiger charge is 2.18. The fourth-order valence-corrected chi connectivity index (χ4v) is 1.93. The third kappa shape index (κ3) is 4.84. The van der Waals surface area contributed by atoms with Crippen LogP contribution in [0.1, 0.15) is 40.0 Å². The van der Waals surface area contributed by atoms with Gasteiger partial charge in [-0.25, -0.2) is 4.79 Å². The van der Waals surface area contributed by atoms with Crippen molar-refractivity contribution in [2.75, 3.05) is 13.2 Å². The van der Waals surface area contributed by atoms with Gasteiger partial charge in [0.2, 0.25) is 0 Å². The molecule has 2 N–H and O–H groups in total. The summed E-state index contributed by atoms with van der Waals surface area (Å²) in [6.45, 7) is 7.84. The predicted molar refractivity (Wildman–Crippen MR) is 64.4 cm³/mol. The van der Waals surface area contributed by atoms with Crippen LogP contribution in [0.2, 0.25) is 0 Å². The second-order valence-corrected chi connectivity index (χ2v) is 4.83. The van der Waals surface area contributed by atoms with Gasteiger partial charge in [-0.15, -0.1) is 0 Å². The molecule has 0 saturated carbocycles. The lowest BCUT2D eigenvalue weighted by atomic mass is 10.0. The van der Waals surface area contributed by atoms with Gasteiger partial charge in [0.1, 0.15) is 0 Å². The summed E-state index contributed by atoms with van der Waals surface area (Å²) in [5, 5.41) is 5.89. The van der Waals surface area contributed by atoms with Gasteiger partial charge in [0, 0.05) is 12.6 Å². The third-order valence-corrected chi connectivity index (χ3v) is 3.10. The van der Waals surface area contributed by atoms with Gasteiger partial charge < -0.3 is 15.4 Å². The Morgan fingerprint density at radius 2 is 2.25 bits per heavy atom. The molecule has 0 aromatic heterocycles. The van der Waals surface area contributed by atoms with E-state index in [9.17, 15) is 4.79 Å². The first-order valence-corrected chi connectivity index (χ1v) is 6.26. The number of urea groups is 1. The average molecular weight is 228 g/mol. The summed E-state index contributed by atoms with van der Waals surface area (Å²) in [5.41, 5.74) is 0. The van der Waals surface area contributed by atoms with E-state index in [4.69, 9.17) is 4.74 Å². The first-order valence-electron chi connectivity index (χ1n) is 6.26. The van der Waals surface area contributed by atoms with E-state index in [1.807, 2.05) is 0 Å². The van der Waals surface area contributed by atoms with E-state index >= 15 is 0 Å². The lowest BCUT2D eigenvalue weighted by molar-refractivity contribution is 0.188. The van der Waals surface area contributed by atoms with Crippen molar-refractivity contribution in [2.24, 2.45) is 5.92 Å². The maximum absolute atomic E-state index is 11.6. The quantitative estimate of drug-likeness (QED) is 0.755. The summed E-state index contributed by atoms with van der Waals surface area (Å²) in [7, 11) is 0. The molecule has 16 heavy (non-hydrogen) atoms. The van der Waals surface area contributed by atoms with Gasteiger partial charge in [-0.1, -0.05) is 20.3 Å². The molecule has 0 radical (unpaired) electrons. The number of nitrogens with one attached hydrogen (secondary N) is 2. The zero-order valence-corrected chi connectivity index (χ0v) is 10.6. The van der Waals surface area contributed by atoms with Crippen LogP contribution in [0.5, 0.6) is 0 Å². The van der Waals surface area contributed by atoms with Crippen LogP contribution in [-0.2, 0) is 4.74 Å². The molecule has 0 bridgehead atoms. The molecule has 2 amide bonds. The van der Waals surface area contributed by atoms with Crippen LogP contribution in [0.3, 0.4) is 0 Å². The van der Waals surface area contributed by atoms with Crippen molar-refractivity contribution in [1.82, 2.24) is 10.6 Å². The summed E-state index contributed by atoms with van der Waals surface area (Å²) >= 11 is 0. The van der Waals surface area contributed by atoms with Gasteiger partial charge in [-0.05, 0) is 25.7 Å². The normalized spacial score (nSPS) is 23.8. The molecule has 4 heteroatoms. The molecule has 1 heterocycles.